The van der Waals surface area contributed by atoms with Gasteiger partial charge in [0.25, 0.3) is 0 Å². The standard InChI is InChI=1S/C43H72N2O7S/c1-27(2)29-13-18-43(44-26-31(28(3)46)45-21-23-53(50,51)24-22-45)20-19-41(9)30(36(29)43)11-12-33-40(8)16-15-34(52-35(47)25-38(4,5)37(48)49)39(6,7)32(40)14-17-42(33,41)10/h28-34,36,44,46H,1,11-26H2,2-10H3,(H,48,49)/t28-,29-,30+,31-,32-,33+,34-,36+,40-,41+,42+,43-/m0/s1. The molecule has 0 spiro atoms. The minimum absolute atomic E-state index is 0.0216. The highest BCUT2D eigenvalue weighted by Gasteiger charge is 2.71. The monoisotopic (exact) mass is 761 g/mol. The molecule has 0 bridgehead atoms. The summed E-state index contributed by atoms with van der Waals surface area (Å²) in [7, 11) is -3.00. The fourth-order valence-electron chi connectivity index (χ4n) is 14.2. The fourth-order valence-corrected chi connectivity index (χ4v) is 15.5. The van der Waals surface area contributed by atoms with Gasteiger partial charge in [0.2, 0.25) is 0 Å². The summed E-state index contributed by atoms with van der Waals surface area (Å²) in [5, 5.41) is 24.8. The molecule has 53 heavy (non-hydrogen) atoms. The second kappa shape index (κ2) is 13.9. The van der Waals surface area contributed by atoms with Gasteiger partial charge < -0.3 is 20.3 Å². The summed E-state index contributed by atoms with van der Waals surface area (Å²) in [5.74, 6) is 1.40. The molecule has 6 fully saturated rings. The number of carbonyl (C=O) groups is 2. The largest absolute Gasteiger partial charge is 0.481 e. The molecule has 0 aromatic rings. The van der Waals surface area contributed by atoms with E-state index in [-0.39, 0.29) is 57.3 Å². The van der Waals surface area contributed by atoms with Crippen LogP contribution < -0.4 is 5.32 Å². The molecule has 0 aromatic heterocycles. The number of hydrogen-bond acceptors (Lipinski definition) is 8. The number of carbonyl (C=O) groups excluding carboxylic acids is 1. The minimum atomic E-state index is -3.00. The van der Waals surface area contributed by atoms with E-state index in [1.807, 2.05) is 6.92 Å². The molecular weight excluding hydrogens is 689 g/mol. The predicted octanol–water partition coefficient (Wildman–Crippen LogP) is 6.88. The number of ether oxygens (including phenoxy) is 1. The zero-order valence-corrected chi connectivity index (χ0v) is 35.2. The summed E-state index contributed by atoms with van der Waals surface area (Å²) in [6, 6.07) is -0.123. The molecule has 6 aliphatic rings. The van der Waals surface area contributed by atoms with Crippen molar-refractivity contribution in [1.29, 1.82) is 0 Å². The average molecular weight is 761 g/mol. The zero-order chi connectivity index (χ0) is 39.2. The Morgan fingerprint density at radius 1 is 0.925 bits per heavy atom. The van der Waals surface area contributed by atoms with E-state index in [4.69, 9.17) is 4.74 Å². The SMILES string of the molecule is C=C(C)[C@@H]1CC[C@]2(NC[C@@H]([C@H](C)O)N3CCS(=O)(=O)CC3)CC[C@]3(C)[C@H](CC[C@@H]4[C@@]5(C)CC[C@H](OC(=O)CC(C)(C)C(=O)O)C(C)(C)[C@@H]5CC[C@]43C)[C@@H]12. The number of sulfone groups is 1. The van der Waals surface area contributed by atoms with Gasteiger partial charge in [0, 0.05) is 36.6 Å². The number of fused-ring (bicyclic) bond motifs is 7. The summed E-state index contributed by atoms with van der Waals surface area (Å²) in [4.78, 5) is 27.1. The van der Waals surface area contributed by atoms with Gasteiger partial charge >= 0.3 is 11.9 Å². The number of carboxylic acids is 1. The van der Waals surface area contributed by atoms with Crippen LogP contribution in [0.5, 0.6) is 0 Å². The molecule has 302 valence electrons. The lowest BCUT2D eigenvalue weighted by atomic mass is 9.32. The quantitative estimate of drug-likeness (QED) is 0.161. The van der Waals surface area contributed by atoms with Crippen LogP contribution >= 0.6 is 0 Å². The van der Waals surface area contributed by atoms with Crippen molar-refractivity contribution in [3.63, 3.8) is 0 Å². The first-order valence-corrected chi connectivity index (χ1v) is 22.7. The molecule has 0 unspecified atom stereocenters. The van der Waals surface area contributed by atoms with Crippen LogP contribution in [0, 0.1) is 56.7 Å². The molecule has 1 heterocycles. The minimum Gasteiger partial charge on any atom is -0.481 e. The molecule has 6 rings (SSSR count). The number of carboxylic acid groups (broad SMARTS) is 1. The Balaban J connectivity index is 1.23. The number of hydrogen-bond donors (Lipinski definition) is 3. The van der Waals surface area contributed by atoms with E-state index >= 15 is 0 Å². The first-order chi connectivity index (χ1) is 24.4. The number of nitrogens with one attached hydrogen (secondary N) is 1. The molecule has 0 aromatic carbocycles. The summed E-state index contributed by atoms with van der Waals surface area (Å²) in [6.07, 6.45) is 10.1. The van der Waals surface area contributed by atoms with Crippen molar-refractivity contribution in [1.82, 2.24) is 10.2 Å². The van der Waals surface area contributed by atoms with Crippen molar-refractivity contribution >= 4 is 21.8 Å². The number of rotatable bonds is 10. The Kier molecular flexibility index (Phi) is 10.8. The van der Waals surface area contributed by atoms with Crippen LogP contribution in [-0.4, -0.2) is 90.4 Å². The maximum Gasteiger partial charge on any atom is 0.309 e. The van der Waals surface area contributed by atoms with E-state index < -0.39 is 33.3 Å². The molecular formula is C43H72N2O7S. The van der Waals surface area contributed by atoms with E-state index in [2.05, 4.69) is 58.3 Å². The molecule has 9 nitrogen and oxygen atoms in total. The Morgan fingerprint density at radius 3 is 2.19 bits per heavy atom. The Morgan fingerprint density at radius 2 is 1.58 bits per heavy atom. The van der Waals surface area contributed by atoms with E-state index in [1.165, 1.54) is 24.8 Å². The van der Waals surface area contributed by atoms with Crippen LogP contribution in [0.4, 0.5) is 0 Å². The van der Waals surface area contributed by atoms with Crippen molar-refractivity contribution in [3.8, 4) is 0 Å². The third kappa shape index (κ3) is 6.77. The molecule has 5 aliphatic carbocycles. The molecule has 5 saturated carbocycles. The van der Waals surface area contributed by atoms with Crippen LogP contribution in [-0.2, 0) is 24.2 Å². The number of aliphatic hydroxyl groups is 1. The predicted molar refractivity (Wildman–Crippen MR) is 209 cm³/mol. The van der Waals surface area contributed by atoms with Crippen molar-refractivity contribution in [2.24, 2.45) is 56.7 Å². The summed E-state index contributed by atoms with van der Waals surface area (Å²) in [6.45, 7) is 25.9. The van der Waals surface area contributed by atoms with E-state index in [1.54, 1.807) is 13.8 Å². The van der Waals surface area contributed by atoms with Gasteiger partial charge in [0.05, 0.1) is 29.4 Å². The second-order valence-corrected chi connectivity index (χ2v) is 23.2. The Hall–Kier alpha value is -1.49. The maximum atomic E-state index is 13.1. The Labute approximate surface area is 320 Å². The van der Waals surface area contributed by atoms with Gasteiger partial charge in [0.1, 0.15) is 6.10 Å². The molecule has 0 amide bonds. The highest BCUT2D eigenvalue weighted by molar-refractivity contribution is 7.91. The van der Waals surface area contributed by atoms with Crippen LogP contribution in [0.15, 0.2) is 12.2 Å². The van der Waals surface area contributed by atoms with Crippen LogP contribution in [0.25, 0.3) is 0 Å². The number of aliphatic hydroxyl groups excluding tert-OH is 1. The number of aliphatic carboxylic acids is 1. The number of nitrogens with zero attached hydrogens (tertiary/aromatic N) is 1. The first kappa shape index (κ1) is 41.2. The van der Waals surface area contributed by atoms with Crippen molar-refractivity contribution < 1.29 is 33.0 Å². The number of allylic oxidation sites excluding steroid dienone is 1. The summed E-state index contributed by atoms with van der Waals surface area (Å²) >= 11 is 0. The zero-order valence-electron chi connectivity index (χ0n) is 34.4. The first-order valence-electron chi connectivity index (χ1n) is 20.9. The third-order valence-corrected chi connectivity index (χ3v) is 19.1. The summed E-state index contributed by atoms with van der Waals surface area (Å²) in [5.41, 5.74) is 0.359. The van der Waals surface area contributed by atoms with Gasteiger partial charge in [-0.15, -0.1) is 0 Å². The molecule has 12 atom stereocenters. The summed E-state index contributed by atoms with van der Waals surface area (Å²) < 4.78 is 30.6. The molecule has 3 N–H and O–H groups in total. The lowest BCUT2D eigenvalue weighted by Crippen LogP contribution is -2.69. The maximum absolute atomic E-state index is 13.1. The van der Waals surface area contributed by atoms with Gasteiger partial charge in [-0.2, -0.15) is 0 Å². The van der Waals surface area contributed by atoms with Gasteiger partial charge in [0.15, 0.2) is 9.84 Å². The topological polar surface area (TPSA) is 133 Å². The van der Waals surface area contributed by atoms with Crippen LogP contribution in [0.3, 0.4) is 0 Å². The molecule has 1 saturated heterocycles. The molecule has 10 heteroatoms. The van der Waals surface area contributed by atoms with E-state index in [9.17, 15) is 28.2 Å². The smallest absolute Gasteiger partial charge is 0.309 e. The number of esters is 1. The van der Waals surface area contributed by atoms with Crippen LogP contribution in [0.2, 0.25) is 0 Å². The second-order valence-electron chi connectivity index (χ2n) is 20.9. The van der Waals surface area contributed by atoms with Gasteiger partial charge in [-0.1, -0.05) is 46.8 Å². The van der Waals surface area contributed by atoms with E-state index in [0.29, 0.717) is 49.2 Å². The molecule has 0 radical (unpaired) electrons. The van der Waals surface area contributed by atoms with Crippen molar-refractivity contribution in [2.45, 2.75) is 157 Å². The normalized spacial score (nSPS) is 43.3. The lowest BCUT2D eigenvalue weighted by Gasteiger charge is -2.73. The fraction of sp³-hybridized carbons (Fsp3) is 0.907. The average Bonchev–Trinajstić information content (AvgIpc) is 3.43. The molecule has 1 aliphatic heterocycles. The highest BCUT2D eigenvalue weighted by Crippen LogP contribution is 2.76. The highest BCUT2D eigenvalue weighted by atomic mass is 32.2. The Bertz CT molecular complexity index is 1540. The van der Waals surface area contributed by atoms with Crippen molar-refractivity contribution in [2.75, 3.05) is 31.1 Å². The van der Waals surface area contributed by atoms with Crippen LogP contribution in [0.1, 0.15) is 133 Å². The van der Waals surface area contributed by atoms with E-state index in [0.717, 1.165) is 44.9 Å². The van der Waals surface area contributed by atoms with Gasteiger partial charge in [-0.05, 0) is 138 Å². The lowest BCUT2D eigenvalue weighted by molar-refractivity contribution is -0.246. The van der Waals surface area contributed by atoms with Gasteiger partial charge in [-0.3, -0.25) is 14.5 Å². The van der Waals surface area contributed by atoms with Crippen molar-refractivity contribution in [3.05, 3.63) is 12.2 Å². The third-order valence-electron chi connectivity index (χ3n) is 17.5. The van der Waals surface area contributed by atoms with Gasteiger partial charge in [-0.25, -0.2) is 8.42 Å².